The van der Waals surface area contributed by atoms with E-state index >= 15 is 0 Å². The van der Waals surface area contributed by atoms with Gasteiger partial charge in [-0.15, -0.1) is 0 Å². The van der Waals surface area contributed by atoms with E-state index in [2.05, 4.69) is 16.2 Å². The maximum atomic E-state index is 8.48. The third-order valence-electron chi connectivity index (χ3n) is 2.79. The molecule has 0 fully saturated rings. The van der Waals surface area contributed by atoms with E-state index in [1.165, 1.54) is 0 Å². The van der Waals surface area contributed by atoms with E-state index in [0.29, 0.717) is 30.3 Å². The number of aryl methyl sites for hydroxylation is 1. The fourth-order valence-corrected chi connectivity index (χ4v) is 1.87. The average Bonchev–Trinajstić information content (AvgIpc) is 3.04. The fourth-order valence-electron chi connectivity index (χ4n) is 1.87. The van der Waals surface area contributed by atoms with E-state index in [4.69, 9.17) is 14.2 Å². The normalized spacial score (nSPS) is 10.7. The lowest BCUT2D eigenvalue weighted by atomic mass is 10.2. The summed E-state index contributed by atoms with van der Waals surface area (Å²) in [5, 5.41) is 13.4. The Labute approximate surface area is 109 Å². The summed E-state index contributed by atoms with van der Waals surface area (Å²) < 4.78 is 10.8. The first kappa shape index (κ1) is 11.5. The number of nitrogens with zero attached hydrogens (tertiary/aromatic N) is 3. The minimum Gasteiger partial charge on any atom is -0.453 e. The number of para-hydroxylation sites is 1. The first-order valence-electron chi connectivity index (χ1n) is 6.05. The summed E-state index contributed by atoms with van der Waals surface area (Å²) in [5.41, 5.74) is 0.799. The Kier molecular flexibility index (Phi) is 2.99. The molecule has 0 aliphatic carbocycles. The van der Waals surface area contributed by atoms with Gasteiger partial charge in [-0.25, -0.2) is 0 Å². The third-order valence-corrected chi connectivity index (χ3v) is 2.79. The maximum Gasteiger partial charge on any atom is 0.238 e. The lowest BCUT2D eigenvalue weighted by molar-refractivity contribution is 0.375. The molecular formula is C14H11N3O2. The second kappa shape index (κ2) is 4.94. The first-order chi connectivity index (χ1) is 9.36. The van der Waals surface area contributed by atoms with Crippen molar-refractivity contribution in [3.05, 3.63) is 36.2 Å². The van der Waals surface area contributed by atoms with Gasteiger partial charge in [0.15, 0.2) is 5.76 Å². The van der Waals surface area contributed by atoms with E-state index in [-0.39, 0.29) is 0 Å². The Morgan fingerprint density at radius 1 is 1.26 bits per heavy atom. The molecule has 0 bridgehead atoms. The monoisotopic (exact) mass is 253 g/mol. The number of aromatic nitrogens is 2. The Hall–Kier alpha value is -2.61. The van der Waals surface area contributed by atoms with Gasteiger partial charge in [-0.2, -0.15) is 10.2 Å². The zero-order valence-electron chi connectivity index (χ0n) is 10.2. The highest BCUT2D eigenvalue weighted by atomic mass is 16.5. The summed E-state index contributed by atoms with van der Waals surface area (Å²) in [4.78, 5) is 4.27. The van der Waals surface area contributed by atoms with Crippen LogP contribution < -0.4 is 0 Å². The molecule has 0 aliphatic heterocycles. The lowest BCUT2D eigenvalue weighted by Crippen LogP contribution is -1.84. The van der Waals surface area contributed by atoms with Crippen molar-refractivity contribution >= 4 is 11.0 Å². The van der Waals surface area contributed by atoms with E-state index in [9.17, 15) is 0 Å². The summed E-state index contributed by atoms with van der Waals surface area (Å²) in [6.07, 6.45) is 1.82. The molecule has 0 aliphatic rings. The van der Waals surface area contributed by atoms with E-state index in [1.54, 1.807) is 0 Å². The molecule has 94 valence electrons. The van der Waals surface area contributed by atoms with Crippen LogP contribution in [0.4, 0.5) is 0 Å². The van der Waals surface area contributed by atoms with Gasteiger partial charge >= 0.3 is 0 Å². The van der Waals surface area contributed by atoms with Gasteiger partial charge in [0.25, 0.3) is 0 Å². The Morgan fingerprint density at radius 3 is 3.00 bits per heavy atom. The van der Waals surface area contributed by atoms with Gasteiger partial charge < -0.3 is 8.94 Å². The topological polar surface area (TPSA) is 75.8 Å². The van der Waals surface area contributed by atoms with Gasteiger partial charge in [0.1, 0.15) is 5.58 Å². The van der Waals surface area contributed by atoms with Crippen molar-refractivity contribution in [2.24, 2.45) is 0 Å². The number of hydrogen-bond acceptors (Lipinski definition) is 5. The number of unbranched alkanes of at least 4 members (excludes halogenated alkanes) is 1. The van der Waals surface area contributed by atoms with Crippen molar-refractivity contribution in [3.63, 3.8) is 0 Å². The fraction of sp³-hybridized carbons (Fsp3) is 0.214. The molecule has 5 heteroatoms. The molecule has 2 heterocycles. The highest BCUT2D eigenvalue weighted by molar-refractivity contribution is 5.81. The van der Waals surface area contributed by atoms with Crippen molar-refractivity contribution < 1.29 is 8.94 Å². The molecule has 0 atom stereocenters. The number of nitriles is 1. The Bertz CT molecular complexity index is 703. The molecule has 0 spiro atoms. The van der Waals surface area contributed by atoms with Crippen LogP contribution in [0.5, 0.6) is 0 Å². The van der Waals surface area contributed by atoms with E-state index < -0.39 is 0 Å². The van der Waals surface area contributed by atoms with Crippen LogP contribution in [0.25, 0.3) is 22.6 Å². The molecule has 2 aromatic heterocycles. The quantitative estimate of drug-likeness (QED) is 0.666. The summed E-state index contributed by atoms with van der Waals surface area (Å²) in [6.45, 7) is 0. The second-order valence-corrected chi connectivity index (χ2v) is 4.17. The minimum absolute atomic E-state index is 0.447. The second-order valence-electron chi connectivity index (χ2n) is 4.17. The smallest absolute Gasteiger partial charge is 0.238 e. The molecule has 0 unspecified atom stereocenters. The standard InChI is InChI=1S/C14H11N3O2/c15-8-4-3-7-13-16-14(17-19-13)12-9-10-5-1-2-6-11(10)18-12/h1-2,5-6,9H,3-4,7H2. The maximum absolute atomic E-state index is 8.48. The van der Waals surface area contributed by atoms with Crippen LogP contribution in [-0.4, -0.2) is 10.1 Å². The first-order valence-corrected chi connectivity index (χ1v) is 6.05. The van der Waals surface area contributed by atoms with Gasteiger partial charge in [-0.1, -0.05) is 23.4 Å². The SMILES string of the molecule is N#CCCCc1nc(-c2cc3ccccc3o2)no1. The predicted octanol–water partition coefficient (Wildman–Crippen LogP) is 3.33. The van der Waals surface area contributed by atoms with Gasteiger partial charge in [-0.05, 0) is 18.6 Å². The molecule has 5 nitrogen and oxygen atoms in total. The van der Waals surface area contributed by atoms with Crippen molar-refractivity contribution in [1.82, 2.24) is 10.1 Å². The molecule has 3 aromatic rings. The predicted molar refractivity (Wildman–Crippen MR) is 68.1 cm³/mol. The van der Waals surface area contributed by atoms with Gasteiger partial charge in [-0.3, -0.25) is 0 Å². The van der Waals surface area contributed by atoms with Crippen LogP contribution in [0.1, 0.15) is 18.7 Å². The van der Waals surface area contributed by atoms with Crippen LogP contribution in [-0.2, 0) is 6.42 Å². The van der Waals surface area contributed by atoms with Crippen molar-refractivity contribution in [2.75, 3.05) is 0 Å². The van der Waals surface area contributed by atoms with Crippen LogP contribution in [0, 0.1) is 11.3 Å². The number of benzene rings is 1. The van der Waals surface area contributed by atoms with Crippen LogP contribution in [0.2, 0.25) is 0 Å². The molecule has 0 saturated heterocycles. The Morgan fingerprint density at radius 2 is 2.16 bits per heavy atom. The highest BCUT2D eigenvalue weighted by Crippen LogP contribution is 2.25. The molecule has 0 amide bonds. The van der Waals surface area contributed by atoms with E-state index in [0.717, 1.165) is 17.4 Å². The molecule has 19 heavy (non-hydrogen) atoms. The number of furan rings is 1. The van der Waals surface area contributed by atoms with Gasteiger partial charge in [0, 0.05) is 18.2 Å². The van der Waals surface area contributed by atoms with Gasteiger partial charge in [0.2, 0.25) is 11.7 Å². The number of rotatable bonds is 4. The van der Waals surface area contributed by atoms with Crippen molar-refractivity contribution in [2.45, 2.75) is 19.3 Å². The molecule has 0 radical (unpaired) electrons. The van der Waals surface area contributed by atoms with Gasteiger partial charge in [0.05, 0.1) is 6.07 Å². The molecule has 1 aromatic carbocycles. The summed E-state index contributed by atoms with van der Waals surface area (Å²) in [5.74, 6) is 1.57. The minimum atomic E-state index is 0.447. The zero-order valence-corrected chi connectivity index (χ0v) is 10.2. The van der Waals surface area contributed by atoms with Crippen LogP contribution in [0.3, 0.4) is 0 Å². The third kappa shape index (κ3) is 2.33. The summed E-state index contributed by atoms with van der Waals surface area (Å²) >= 11 is 0. The number of fused-ring (bicyclic) bond motifs is 1. The van der Waals surface area contributed by atoms with E-state index in [1.807, 2.05) is 30.3 Å². The lowest BCUT2D eigenvalue weighted by Gasteiger charge is -1.87. The van der Waals surface area contributed by atoms with Crippen molar-refractivity contribution in [1.29, 1.82) is 5.26 Å². The zero-order chi connectivity index (χ0) is 13.1. The molecule has 0 N–H and O–H groups in total. The molecule has 3 rings (SSSR count). The summed E-state index contributed by atoms with van der Waals surface area (Å²) in [6, 6.07) is 11.7. The number of hydrogen-bond donors (Lipinski definition) is 0. The highest BCUT2D eigenvalue weighted by Gasteiger charge is 2.12. The molecule has 0 saturated carbocycles. The van der Waals surface area contributed by atoms with Crippen LogP contribution >= 0.6 is 0 Å². The molecular weight excluding hydrogens is 242 g/mol. The largest absolute Gasteiger partial charge is 0.453 e. The average molecular weight is 253 g/mol. The van der Waals surface area contributed by atoms with Crippen molar-refractivity contribution in [3.8, 4) is 17.7 Å². The van der Waals surface area contributed by atoms with Crippen LogP contribution in [0.15, 0.2) is 39.3 Å². The Balaban J connectivity index is 1.84. The summed E-state index contributed by atoms with van der Waals surface area (Å²) in [7, 11) is 0.